The van der Waals surface area contributed by atoms with Gasteiger partial charge in [0.1, 0.15) is 11.2 Å². The molecule has 0 atom stereocenters. The van der Waals surface area contributed by atoms with Crippen LogP contribution in [0.2, 0.25) is 0 Å². The highest BCUT2D eigenvalue weighted by Crippen LogP contribution is 2.39. The minimum Gasteiger partial charge on any atom is -0.408 e. The van der Waals surface area contributed by atoms with Crippen molar-refractivity contribution in [3.05, 3.63) is 47.5 Å². The lowest BCUT2D eigenvalue weighted by Gasteiger charge is -1.99. The minimum absolute atomic E-state index is 0.822. The summed E-state index contributed by atoms with van der Waals surface area (Å²) in [6.45, 7) is 4.03. The van der Waals surface area contributed by atoms with E-state index in [1.807, 2.05) is 50.2 Å². The van der Waals surface area contributed by atoms with Crippen molar-refractivity contribution in [2.75, 3.05) is 0 Å². The summed E-state index contributed by atoms with van der Waals surface area (Å²) in [5.74, 6) is 0. The van der Waals surface area contributed by atoms with E-state index in [0.29, 0.717) is 0 Å². The molecule has 2 aromatic carbocycles. The average molecular weight is 279 g/mol. The van der Waals surface area contributed by atoms with Crippen LogP contribution in [0.5, 0.6) is 0 Å². The number of para-hydroxylation sites is 2. The first-order chi connectivity index (χ1) is 8.66. The third-order valence-corrected chi connectivity index (χ3v) is 4.11. The zero-order valence-electron chi connectivity index (χ0n) is 10.1. The van der Waals surface area contributed by atoms with E-state index in [4.69, 9.17) is 19.6 Å². The van der Waals surface area contributed by atoms with Crippen LogP contribution in [-0.4, -0.2) is 0 Å². The zero-order chi connectivity index (χ0) is 12.7. The summed E-state index contributed by atoms with van der Waals surface area (Å²) in [6, 6.07) is 12.1. The van der Waals surface area contributed by atoms with E-state index in [-0.39, 0.29) is 0 Å². The summed E-state index contributed by atoms with van der Waals surface area (Å²) in [5, 5.41) is 2.08. The highest BCUT2D eigenvalue weighted by atomic mass is 35.7. The lowest BCUT2D eigenvalue weighted by atomic mass is 10.1. The normalized spacial score (nSPS) is 11.1. The first-order valence-electron chi connectivity index (χ1n) is 5.68. The number of hydrogen-bond acceptors (Lipinski definition) is 2. The molecule has 0 saturated heterocycles. The highest BCUT2D eigenvalue weighted by molar-refractivity contribution is 7.68. The molecule has 2 nitrogen and oxygen atoms in total. The third-order valence-electron chi connectivity index (χ3n) is 3.04. The molecule has 0 bridgehead atoms. The van der Waals surface area contributed by atoms with Gasteiger partial charge in [-0.2, -0.15) is 0 Å². The van der Waals surface area contributed by atoms with E-state index in [9.17, 15) is 0 Å². The van der Waals surface area contributed by atoms with Crippen LogP contribution in [0, 0.1) is 13.8 Å². The second-order valence-corrected chi connectivity index (χ2v) is 5.92. The SMILES string of the molecule is Cc1cccc2c1op(Cl)oc1c(C)cccc12. The molecule has 3 rings (SSSR count). The molecular weight excluding hydrogens is 267 g/mol. The number of aryl methyl sites for hydroxylation is 2. The zero-order valence-corrected chi connectivity index (χ0v) is 11.8. The Hall–Kier alpha value is -1.37. The van der Waals surface area contributed by atoms with Crippen LogP contribution in [0.25, 0.3) is 21.9 Å². The third kappa shape index (κ3) is 1.82. The van der Waals surface area contributed by atoms with Crippen LogP contribution in [-0.2, 0) is 0 Å². The van der Waals surface area contributed by atoms with Gasteiger partial charge in [0.25, 0.3) is 0 Å². The average Bonchev–Trinajstić information content (AvgIpc) is 2.48. The first kappa shape index (κ1) is 11.7. The van der Waals surface area contributed by atoms with E-state index < -0.39 is 7.37 Å². The Bertz CT molecular complexity index is 713. The maximum absolute atomic E-state index is 6.14. The van der Waals surface area contributed by atoms with Gasteiger partial charge in [-0.25, -0.2) is 0 Å². The van der Waals surface area contributed by atoms with Crippen LogP contribution in [0.1, 0.15) is 11.1 Å². The van der Waals surface area contributed by atoms with E-state index in [1.54, 1.807) is 0 Å². The maximum Gasteiger partial charge on any atom is 0.327 e. The molecule has 0 spiro atoms. The van der Waals surface area contributed by atoms with E-state index in [2.05, 4.69) is 0 Å². The second kappa shape index (κ2) is 4.38. The largest absolute Gasteiger partial charge is 0.408 e. The molecule has 0 amide bonds. The lowest BCUT2D eigenvalue weighted by Crippen LogP contribution is -1.77. The molecule has 0 fully saturated rings. The fourth-order valence-corrected chi connectivity index (χ4v) is 3.36. The van der Waals surface area contributed by atoms with Gasteiger partial charge in [-0.3, -0.25) is 0 Å². The highest BCUT2D eigenvalue weighted by Gasteiger charge is 2.07. The van der Waals surface area contributed by atoms with Crippen molar-refractivity contribution in [3.8, 4) is 0 Å². The van der Waals surface area contributed by atoms with Crippen molar-refractivity contribution in [1.82, 2.24) is 0 Å². The minimum atomic E-state index is -1.45. The Labute approximate surface area is 111 Å². The van der Waals surface area contributed by atoms with Crippen molar-refractivity contribution in [2.45, 2.75) is 13.8 Å². The molecule has 0 radical (unpaired) electrons. The molecule has 3 aromatic rings. The standard InChI is InChI=1S/C14H12ClO2P/c1-9-5-3-7-11-12-8-4-6-10(2)14(12)17-18(15)16-13(9)11/h3-8H,1-2H3. The van der Waals surface area contributed by atoms with Gasteiger partial charge in [0.05, 0.1) is 0 Å². The summed E-state index contributed by atoms with van der Waals surface area (Å²) in [7, 11) is -1.45. The van der Waals surface area contributed by atoms with Gasteiger partial charge in [0, 0.05) is 22.0 Å². The molecule has 4 heteroatoms. The van der Waals surface area contributed by atoms with Crippen molar-refractivity contribution in [3.63, 3.8) is 0 Å². The van der Waals surface area contributed by atoms with E-state index >= 15 is 0 Å². The van der Waals surface area contributed by atoms with Crippen molar-refractivity contribution >= 4 is 40.5 Å². The molecule has 0 N–H and O–H groups in total. The molecule has 1 aromatic heterocycles. The summed E-state index contributed by atoms with van der Waals surface area (Å²) in [4.78, 5) is 0. The van der Waals surface area contributed by atoms with Crippen LogP contribution < -0.4 is 0 Å². The van der Waals surface area contributed by atoms with Gasteiger partial charge >= 0.3 is 7.37 Å². The van der Waals surface area contributed by atoms with E-state index in [1.165, 1.54) is 0 Å². The molecule has 92 valence electrons. The van der Waals surface area contributed by atoms with E-state index in [0.717, 1.165) is 33.1 Å². The molecular formula is C14H12ClO2P. The van der Waals surface area contributed by atoms with Gasteiger partial charge < -0.3 is 8.39 Å². The van der Waals surface area contributed by atoms with Crippen LogP contribution >= 0.6 is 18.6 Å². The molecule has 1 heterocycles. The molecule has 0 aliphatic rings. The number of fused-ring (bicyclic) bond motifs is 3. The van der Waals surface area contributed by atoms with Gasteiger partial charge in [0.2, 0.25) is 0 Å². The number of rotatable bonds is 0. The summed E-state index contributed by atoms with van der Waals surface area (Å²) in [5.41, 5.74) is 3.78. The number of halogens is 1. The lowest BCUT2D eigenvalue weighted by molar-refractivity contribution is 0.653. The van der Waals surface area contributed by atoms with Crippen molar-refractivity contribution < 1.29 is 8.39 Å². The quantitative estimate of drug-likeness (QED) is 0.511. The molecule has 18 heavy (non-hydrogen) atoms. The maximum atomic E-state index is 6.14. The predicted octanol–water partition coefficient (Wildman–Crippen LogP) is 5.91. The van der Waals surface area contributed by atoms with Crippen LogP contribution in [0.15, 0.2) is 44.8 Å². The first-order valence-corrected chi connectivity index (χ1v) is 7.76. The molecule has 0 unspecified atom stereocenters. The second-order valence-electron chi connectivity index (χ2n) is 4.30. The van der Waals surface area contributed by atoms with Gasteiger partial charge in [-0.1, -0.05) is 36.4 Å². The summed E-state index contributed by atoms with van der Waals surface area (Å²) in [6.07, 6.45) is 0. The van der Waals surface area contributed by atoms with Crippen molar-refractivity contribution in [1.29, 1.82) is 0 Å². The predicted molar refractivity (Wildman–Crippen MR) is 77.0 cm³/mol. The Kier molecular flexibility index (Phi) is 2.85. The Morgan fingerprint density at radius 1 is 0.833 bits per heavy atom. The molecule has 0 saturated carbocycles. The van der Waals surface area contributed by atoms with Crippen LogP contribution in [0.3, 0.4) is 0 Å². The Morgan fingerprint density at radius 2 is 1.28 bits per heavy atom. The van der Waals surface area contributed by atoms with Gasteiger partial charge in [0.15, 0.2) is 0 Å². The smallest absolute Gasteiger partial charge is 0.327 e. The molecule has 0 aliphatic carbocycles. The topological polar surface area (TPSA) is 26.3 Å². The monoisotopic (exact) mass is 278 g/mol. The summed E-state index contributed by atoms with van der Waals surface area (Å²) >= 11 is 6.14. The fourth-order valence-electron chi connectivity index (χ4n) is 2.13. The van der Waals surface area contributed by atoms with Gasteiger partial charge in [-0.15, -0.1) is 0 Å². The number of benzene rings is 2. The van der Waals surface area contributed by atoms with Crippen LogP contribution in [0.4, 0.5) is 0 Å². The molecule has 0 aliphatic heterocycles. The number of hydrogen-bond donors (Lipinski definition) is 0. The Morgan fingerprint density at radius 3 is 1.72 bits per heavy atom. The Balaban J connectivity index is 2.69. The fraction of sp³-hybridized carbons (Fsp3) is 0.143. The van der Waals surface area contributed by atoms with Crippen molar-refractivity contribution in [2.24, 2.45) is 0 Å². The summed E-state index contributed by atoms with van der Waals surface area (Å²) < 4.78 is 11.5. The van der Waals surface area contributed by atoms with Gasteiger partial charge in [-0.05, 0) is 25.0 Å².